The molecule has 0 radical (unpaired) electrons. The van der Waals surface area contributed by atoms with Gasteiger partial charge in [-0.2, -0.15) is 0 Å². The van der Waals surface area contributed by atoms with Gasteiger partial charge < -0.3 is 9.64 Å². The van der Waals surface area contributed by atoms with Crippen molar-refractivity contribution in [2.45, 2.75) is 58.5 Å². The zero-order valence-corrected chi connectivity index (χ0v) is 10.5. The van der Waals surface area contributed by atoms with E-state index in [4.69, 9.17) is 4.74 Å². The first-order valence-corrected chi connectivity index (χ1v) is 6.63. The van der Waals surface area contributed by atoms with Gasteiger partial charge in [0.2, 0.25) is 0 Å². The topological polar surface area (TPSA) is 12.5 Å². The summed E-state index contributed by atoms with van der Waals surface area (Å²) in [6.45, 7) is 9.13. The Morgan fingerprint density at radius 1 is 1.00 bits per heavy atom. The van der Waals surface area contributed by atoms with Crippen molar-refractivity contribution in [3.05, 3.63) is 0 Å². The van der Waals surface area contributed by atoms with Gasteiger partial charge in [-0.05, 0) is 65.6 Å². The minimum atomic E-state index is 0.395. The molecular formula is C13H27NO. The third kappa shape index (κ3) is 6.91. The Bertz CT molecular complexity index is 141. The number of hydrogen-bond acceptors (Lipinski definition) is 2. The van der Waals surface area contributed by atoms with E-state index < -0.39 is 0 Å². The van der Waals surface area contributed by atoms with Gasteiger partial charge in [-0.15, -0.1) is 0 Å². The van der Waals surface area contributed by atoms with Crippen LogP contribution in [0, 0.1) is 0 Å². The minimum Gasteiger partial charge on any atom is -0.379 e. The Labute approximate surface area is 95.0 Å². The molecule has 1 rings (SSSR count). The summed E-state index contributed by atoms with van der Waals surface area (Å²) in [7, 11) is 0. The molecule has 0 aliphatic carbocycles. The lowest BCUT2D eigenvalue weighted by molar-refractivity contribution is 0.0751. The number of ether oxygens (including phenoxy) is 1. The zero-order chi connectivity index (χ0) is 10.9. The second-order valence-electron chi connectivity index (χ2n) is 4.88. The molecule has 1 heterocycles. The van der Waals surface area contributed by atoms with Crippen molar-refractivity contribution < 1.29 is 4.74 Å². The molecule has 1 fully saturated rings. The van der Waals surface area contributed by atoms with E-state index in [2.05, 4.69) is 18.7 Å². The SMILES string of the molecule is CC(C)OCCCCCN1CCCCC1. The fourth-order valence-corrected chi connectivity index (χ4v) is 2.12. The van der Waals surface area contributed by atoms with Gasteiger partial charge in [0.15, 0.2) is 0 Å². The zero-order valence-electron chi connectivity index (χ0n) is 10.5. The van der Waals surface area contributed by atoms with Crippen LogP contribution in [0.3, 0.4) is 0 Å². The molecule has 90 valence electrons. The third-order valence-electron chi connectivity index (χ3n) is 3.02. The molecule has 0 atom stereocenters. The highest BCUT2D eigenvalue weighted by molar-refractivity contribution is 4.64. The molecule has 1 saturated heterocycles. The number of unbranched alkanes of at least 4 members (excludes halogenated alkanes) is 2. The fraction of sp³-hybridized carbons (Fsp3) is 1.00. The Hall–Kier alpha value is -0.0800. The summed E-state index contributed by atoms with van der Waals surface area (Å²) in [5.74, 6) is 0. The molecule has 1 aliphatic heterocycles. The first-order chi connectivity index (χ1) is 7.29. The molecule has 0 amide bonds. The van der Waals surface area contributed by atoms with Crippen molar-refractivity contribution in [2.24, 2.45) is 0 Å². The van der Waals surface area contributed by atoms with E-state index in [9.17, 15) is 0 Å². The Kier molecular flexibility index (Phi) is 7.03. The molecule has 0 aromatic carbocycles. The standard InChI is InChI=1S/C13H27NO/c1-13(2)15-12-8-4-7-11-14-9-5-3-6-10-14/h13H,3-12H2,1-2H3. The summed E-state index contributed by atoms with van der Waals surface area (Å²) in [4.78, 5) is 2.62. The van der Waals surface area contributed by atoms with E-state index in [-0.39, 0.29) is 0 Å². The Morgan fingerprint density at radius 2 is 1.73 bits per heavy atom. The van der Waals surface area contributed by atoms with Crippen LogP contribution in [-0.4, -0.2) is 37.2 Å². The Morgan fingerprint density at radius 3 is 2.40 bits per heavy atom. The van der Waals surface area contributed by atoms with Crippen LogP contribution in [0.4, 0.5) is 0 Å². The lowest BCUT2D eigenvalue weighted by Gasteiger charge is -2.26. The van der Waals surface area contributed by atoms with Crippen molar-refractivity contribution in [1.82, 2.24) is 4.90 Å². The molecule has 0 spiro atoms. The van der Waals surface area contributed by atoms with Gasteiger partial charge >= 0.3 is 0 Å². The first-order valence-electron chi connectivity index (χ1n) is 6.63. The normalized spacial score (nSPS) is 18.6. The molecule has 15 heavy (non-hydrogen) atoms. The molecule has 0 N–H and O–H groups in total. The van der Waals surface area contributed by atoms with Crippen molar-refractivity contribution in [1.29, 1.82) is 0 Å². The molecular weight excluding hydrogens is 186 g/mol. The Balaban J connectivity index is 1.83. The van der Waals surface area contributed by atoms with Gasteiger partial charge in [-0.1, -0.05) is 6.42 Å². The maximum Gasteiger partial charge on any atom is 0.0518 e. The van der Waals surface area contributed by atoms with Crippen LogP contribution in [0.2, 0.25) is 0 Å². The summed E-state index contributed by atoms with van der Waals surface area (Å²) < 4.78 is 5.52. The van der Waals surface area contributed by atoms with Crippen molar-refractivity contribution in [3.63, 3.8) is 0 Å². The smallest absolute Gasteiger partial charge is 0.0518 e. The number of nitrogens with zero attached hydrogens (tertiary/aromatic N) is 1. The van der Waals surface area contributed by atoms with Crippen LogP contribution in [0.15, 0.2) is 0 Å². The largest absolute Gasteiger partial charge is 0.379 e. The summed E-state index contributed by atoms with van der Waals surface area (Å²) >= 11 is 0. The van der Waals surface area contributed by atoms with Crippen LogP contribution in [0.5, 0.6) is 0 Å². The quantitative estimate of drug-likeness (QED) is 0.603. The number of rotatable bonds is 7. The van der Waals surface area contributed by atoms with E-state index in [0.29, 0.717) is 6.10 Å². The molecule has 0 bridgehead atoms. The molecule has 2 nitrogen and oxygen atoms in total. The van der Waals surface area contributed by atoms with Crippen molar-refractivity contribution in [2.75, 3.05) is 26.2 Å². The van der Waals surface area contributed by atoms with E-state index in [0.717, 1.165) is 6.61 Å². The van der Waals surface area contributed by atoms with Gasteiger partial charge in [0, 0.05) is 6.61 Å². The number of piperidine rings is 1. The highest BCUT2D eigenvalue weighted by atomic mass is 16.5. The molecule has 0 aromatic rings. The van der Waals surface area contributed by atoms with Gasteiger partial charge in [-0.3, -0.25) is 0 Å². The van der Waals surface area contributed by atoms with Crippen LogP contribution in [-0.2, 0) is 4.74 Å². The average Bonchev–Trinajstić information content (AvgIpc) is 2.24. The van der Waals surface area contributed by atoms with Gasteiger partial charge in [0.05, 0.1) is 6.10 Å². The molecule has 1 aliphatic rings. The monoisotopic (exact) mass is 213 g/mol. The van der Waals surface area contributed by atoms with E-state index >= 15 is 0 Å². The highest BCUT2D eigenvalue weighted by Crippen LogP contribution is 2.09. The summed E-state index contributed by atoms with van der Waals surface area (Å²) in [6, 6.07) is 0. The van der Waals surface area contributed by atoms with Crippen LogP contribution >= 0.6 is 0 Å². The van der Waals surface area contributed by atoms with Gasteiger partial charge in [0.1, 0.15) is 0 Å². The fourth-order valence-electron chi connectivity index (χ4n) is 2.12. The number of likely N-dealkylation sites (tertiary alicyclic amines) is 1. The predicted molar refractivity (Wildman–Crippen MR) is 65.2 cm³/mol. The van der Waals surface area contributed by atoms with Gasteiger partial charge in [-0.25, -0.2) is 0 Å². The molecule has 0 aromatic heterocycles. The predicted octanol–water partition coefficient (Wildman–Crippen LogP) is 3.07. The average molecular weight is 213 g/mol. The molecule has 0 saturated carbocycles. The van der Waals surface area contributed by atoms with Crippen LogP contribution in [0.25, 0.3) is 0 Å². The number of hydrogen-bond donors (Lipinski definition) is 0. The molecule has 0 unspecified atom stereocenters. The van der Waals surface area contributed by atoms with E-state index in [1.165, 1.54) is 58.2 Å². The van der Waals surface area contributed by atoms with E-state index in [1.54, 1.807) is 0 Å². The van der Waals surface area contributed by atoms with Crippen molar-refractivity contribution >= 4 is 0 Å². The van der Waals surface area contributed by atoms with E-state index in [1.807, 2.05) is 0 Å². The lowest BCUT2D eigenvalue weighted by atomic mass is 10.1. The van der Waals surface area contributed by atoms with Crippen LogP contribution < -0.4 is 0 Å². The maximum absolute atomic E-state index is 5.52. The lowest BCUT2D eigenvalue weighted by Crippen LogP contribution is -2.30. The summed E-state index contributed by atoms with van der Waals surface area (Å²) in [6.07, 6.45) is 8.56. The van der Waals surface area contributed by atoms with Crippen LogP contribution in [0.1, 0.15) is 52.4 Å². The molecule has 2 heteroatoms. The highest BCUT2D eigenvalue weighted by Gasteiger charge is 2.08. The first kappa shape index (κ1) is 13.0. The maximum atomic E-state index is 5.52. The second-order valence-corrected chi connectivity index (χ2v) is 4.88. The van der Waals surface area contributed by atoms with Crippen molar-refractivity contribution in [3.8, 4) is 0 Å². The summed E-state index contributed by atoms with van der Waals surface area (Å²) in [5.41, 5.74) is 0. The summed E-state index contributed by atoms with van der Waals surface area (Å²) in [5, 5.41) is 0. The minimum absolute atomic E-state index is 0.395. The van der Waals surface area contributed by atoms with Gasteiger partial charge in [0.25, 0.3) is 0 Å². The third-order valence-corrected chi connectivity index (χ3v) is 3.02. The second kappa shape index (κ2) is 8.12.